The molecule has 1 saturated heterocycles. The molecule has 1 aliphatic heterocycles. The molecule has 4 heteroatoms. The van der Waals surface area contributed by atoms with Gasteiger partial charge in [0.2, 0.25) is 0 Å². The van der Waals surface area contributed by atoms with Crippen LogP contribution in [0.2, 0.25) is 0 Å². The van der Waals surface area contributed by atoms with Crippen molar-refractivity contribution in [3.05, 3.63) is 30.9 Å². The van der Waals surface area contributed by atoms with Gasteiger partial charge in [-0.3, -0.25) is 0 Å². The van der Waals surface area contributed by atoms with E-state index >= 15 is 0 Å². The highest BCUT2D eigenvalue weighted by Crippen LogP contribution is 2.29. The van der Waals surface area contributed by atoms with Crippen LogP contribution in [0.3, 0.4) is 0 Å². The van der Waals surface area contributed by atoms with Crippen molar-refractivity contribution in [1.29, 1.82) is 0 Å². The number of nitrogens with one attached hydrogen (secondary N) is 1. The van der Waals surface area contributed by atoms with E-state index in [2.05, 4.69) is 34.7 Å². The first-order chi connectivity index (χ1) is 9.24. The SMILES string of the molecule is C=CCNc1cc(N)ccc1N1CCN(CC)CC1. The summed E-state index contributed by atoms with van der Waals surface area (Å²) in [5, 5.41) is 3.37. The molecule has 1 aliphatic rings. The first-order valence-electron chi connectivity index (χ1n) is 6.96. The number of benzene rings is 1. The van der Waals surface area contributed by atoms with Crippen molar-refractivity contribution in [3.8, 4) is 0 Å². The highest BCUT2D eigenvalue weighted by atomic mass is 15.3. The number of rotatable bonds is 5. The molecule has 0 saturated carbocycles. The number of nitrogens with two attached hydrogens (primary N) is 1. The Bertz CT molecular complexity index is 422. The van der Waals surface area contributed by atoms with E-state index in [-0.39, 0.29) is 0 Å². The van der Waals surface area contributed by atoms with Crippen molar-refractivity contribution in [3.63, 3.8) is 0 Å². The fourth-order valence-electron chi connectivity index (χ4n) is 2.46. The van der Waals surface area contributed by atoms with E-state index in [4.69, 9.17) is 5.73 Å². The van der Waals surface area contributed by atoms with Crippen LogP contribution in [0.4, 0.5) is 17.1 Å². The number of nitrogens with zero attached hydrogens (tertiary/aromatic N) is 2. The third-order valence-electron chi connectivity index (χ3n) is 3.62. The Kier molecular flexibility index (Phi) is 4.68. The predicted octanol–water partition coefficient (Wildman–Crippen LogP) is 2.01. The standard InChI is InChI=1S/C15H24N4/c1-3-7-17-14-12-13(16)5-6-15(14)19-10-8-18(4-2)9-11-19/h3,5-6,12,17H,1,4,7-11,16H2,2H3. The lowest BCUT2D eigenvalue weighted by molar-refractivity contribution is 0.271. The van der Waals surface area contributed by atoms with Crippen molar-refractivity contribution < 1.29 is 0 Å². The number of nitrogen functional groups attached to an aromatic ring is 1. The van der Waals surface area contributed by atoms with Crippen LogP contribution in [0.25, 0.3) is 0 Å². The summed E-state index contributed by atoms with van der Waals surface area (Å²) in [5.41, 5.74) is 9.02. The number of likely N-dealkylation sites (N-methyl/N-ethyl adjacent to an activating group) is 1. The van der Waals surface area contributed by atoms with Gasteiger partial charge in [0.25, 0.3) is 0 Å². The zero-order valence-corrected chi connectivity index (χ0v) is 11.7. The Balaban J connectivity index is 2.12. The van der Waals surface area contributed by atoms with Gasteiger partial charge >= 0.3 is 0 Å². The van der Waals surface area contributed by atoms with Crippen molar-refractivity contribution in [2.75, 3.05) is 55.2 Å². The molecular formula is C15H24N4. The molecule has 0 atom stereocenters. The summed E-state index contributed by atoms with van der Waals surface area (Å²) in [7, 11) is 0. The Morgan fingerprint density at radius 3 is 2.68 bits per heavy atom. The molecule has 19 heavy (non-hydrogen) atoms. The normalized spacial score (nSPS) is 16.4. The first-order valence-corrected chi connectivity index (χ1v) is 6.96. The molecule has 0 bridgehead atoms. The van der Waals surface area contributed by atoms with Crippen molar-refractivity contribution in [2.24, 2.45) is 0 Å². The van der Waals surface area contributed by atoms with Gasteiger partial charge in [-0.1, -0.05) is 13.0 Å². The fraction of sp³-hybridized carbons (Fsp3) is 0.467. The highest BCUT2D eigenvalue weighted by Gasteiger charge is 2.18. The molecule has 104 valence electrons. The van der Waals surface area contributed by atoms with Gasteiger partial charge in [0.1, 0.15) is 0 Å². The van der Waals surface area contributed by atoms with Gasteiger partial charge in [0.15, 0.2) is 0 Å². The zero-order chi connectivity index (χ0) is 13.7. The lowest BCUT2D eigenvalue weighted by Crippen LogP contribution is -2.46. The van der Waals surface area contributed by atoms with Crippen LogP contribution in [0.5, 0.6) is 0 Å². The van der Waals surface area contributed by atoms with E-state index in [0.717, 1.165) is 50.6 Å². The smallest absolute Gasteiger partial charge is 0.0604 e. The molecular weight excluding hydrogens is 236 g/mol. The summed E-state index contributed by atoms with van der Waals surface area (Å²) in [6.45, 7) is 12.3. The Morgan fingerprint density at radius 1 is 1.32 bits per heavy atom. The summed E-state index contributed by atoms with van der Waals surface area (Å²) in [5.74, 6) is 0. The van der Waals surface area contributed by atoms with E-state index in [9.17, 15) is 0 Å². The number of piperazine rings is 1. The van der Waals surface area contributed by atoms with Gasteiger partial charge in [-0.2, -0.15) is 0 Å². The minimum Gasteiger partial charge on any atom is -0.399 e. The minimum atomic E-state index is 0.755. The second-order valence-electron chi connectivity index (χ2n) is 4.87. The first kappa shape index (κ1) is 13.7. The molecule has 0 amide bonds. The van der Waals surface area contributed by atoms with Gasteiger partial charge in [-0.15, -0.1) is 6.58 Å². The molecule has 1 aromatic rings. The van der Waals surface area contributed by atoms with Crippen LogP contribution < -0.4 is 16.0 Å². The molecule has 3 N–H and O–H groups in total. The lowest BCUT2D eigenvalue weighted by Gasteiger charge is -2.36. The van der Waals surface area contributed by atoms with E-state index < -0.39 is 0 Å². The molecule has 0 aliphatic carbocycles. The minimum absolute atomic E-state index is 0.755. The molecule has 0 spiro atoms. The molecule has 1 heterocycles. The van der Waals surface area contributed by atoms with Crippen LogP contribution in [-0.2, 0) is 0 Å². The van der Waals surface area contributed by atoms with Gasteiger partial charge in [-0.25, -0.2) is 0 Å². The average Bonchev–Trinajstić information content (AvgIpc) is 2.45. The third-order valence-corrected chi connectivity index (χ3v) is 3.62. The molecule has 4 nitrogen and oxygen atoms in total. The summed E-state index contributed by atoms with van der Waals surface area (Å²) in [6.07, 6.45) is 1.86. The second-order valence-corrected chi connectivity index (χ2v) is 4.87. The summed E-state index contributed by atoms with van der Waals surface area (Å²) >= 11 is 0. The number of anilines is 3. The van der Waals surface area contributed by atoms with Crippen molar-refractivity contribution in [1.82, 2.24) is 4.90 Å². The fourth-order valence-corrected chi connectivity index (χ4v) is 2.46. The molecule has 1 fully saturated rings. The van der Waals surface area contributed by atoms with Crippen LogP contribution in [0, 0.1) is 0 Å². The summed E-state index contributed by atoms with van der Waals surface area (Å²) in [6, 6.07) is 6.09. The van der Waals surface area contributed by atoms with E-state index in [0.29, 0.717) is 0 Å². The highest BCUT2D eigenvalue weighted by molar-refractivity contribution is 5.74. The zero-order valence-electron chi connectivity index (χ0n) is 11.7. The second kappa shape index (κ2) is 6.48. The van der Waals surface area contributed by atoms with Crippen molar-refractivity contribution in [2.45, 2.75) is 6.92 Å². The van der Waals surface area contributed by atoms with Gasteiger partial charge in [-0.05, 0) is 24.7 Å². The average molecular weight is 260 g/mol. The predicted molar refractivity (Wildman–Crippen MR) is 83.9 cm³/mol. The Morgan fingerprint density at radius 2 is 2.05 bits per heavy atom. The topological polar surface area (TPSA) is 44.5 Å². The largest absolute Gasteiger partial charge is 0.399 e. The molecule has 0 unspecified atom stereocenters. The van der Waals surface area contributed by atoms with Crippen LogP contribution in [0.15, 0.2) is 30.9 Å². The number of hydrogen-bond acceptors (Lipinski definition) is 4. The summed E-state index contributed by atoms with van der Waals surface area (Å²) < 4.78 is 0. The maximum absolute atomic E-state index is 5.88. The number of hydrogen-bond donors (Lipinski definition) is 2. The monoisotopic (exact) mass is 260 g/mol. The van der Waals surface area contributed by atoms with Gasteiger partial charge < -0.3 is 20.9 Å². The lowest BCUT2D eigenvalue weighted by atomic mass is 10.2. The van der Waals surface area contributed by atoms with E-state index in [1.165, 1.54) is 5.69 Å². The summed E-state index contributed by atoms with van der Waals surface area (Å²) in [4.78, 5) is 4.90. The molecule has 2 rings (SSSR count). The molecule has 0 aromatic heterocycles. The third kappa shape index (κ3) is 3.41. The van der Waals surface area contributed by atoms with Crippen LogP contribution in [-0.4, -0.2) is 44.2 Å². The maximum Gasteiger partial charge on any atom is 0.0604 e. The van der Waals surface area contributed by atoms with Crippen molar-refractivity contribution >= 4 is 17.1 Å². The van der Waals surface area contributed by atoms with E-state index in [1.807, 2.05) is 18.2 Å². The van der Waals surface area contributed by atoms with Gasteiger partial charge in [0.05, 0.1) is 11.4 Å². The maximum atomic E-state index is 5.88. The Hall–Kier alpha value is -1.68. The Labute approximate surface area is 115 Å². The quantitative estimate of drug-likeness (QED) is 0.628. The van der Waals surface area contributed by atoms with Crippen LogP contribution in [0.1, 0.15) is 6.92 Å². The van der Waals surface area contributed by atoms with Crippen LogP contribution >= 0.6 is 0 Å². The molecule has 1 aromatic carbocycles. The molecule has 0 radical (unpaired) electrons. The van der Waals surface area contributed by atoms with Gasteiger partial charge in [0, 0.05) is 38.4 Å². The van der Waals surface area contributed by atoms with E-state index in [1.54, 1.807) is 0 Å².